The molecule has 3 heterocycles. The third-order valence-electron chi connectivity index (χ3n) is 4.44. The average molecular weight is 468 g/mol. The van der Waals surface area contributed by atoms with E-state index in [1.165, 1.54) is 16.7 Å². The Balaban J connectivity index is 1.90. The van der Waals surface area contributed by atoms with E-state index in [0.29, 0.717) is 5.65 Å². The van der Waals surface area contributed by atoms with Gasteiger partial charge in [0, 0.05) is 22.9 Å². The van der Waals surface area contributed by atoms with Crippen molar-refractivity contribution in [3.05, 3.63) is 46.4 Å². The molecule has 8 heteroatoms. The van der Waals surface area contributed by atoms with Gasteiger partial charge in [0.1, 0.15) is 12.1 Å². The summed E-state index contributed by atoms with van der Waals surface area (Å²) in [7, 11) is -3.69. The van der Waals surface area contributed by atoms with Gasteiger partial charge in [0.05, 0.1) is 10.3 Å². The zero-order valence-electron chi connectivity index (χ0n) is 13.5. The third-order valence-corrected chi connectivity index (χ3v) is 6.92. The van der Waals surface area contributed by atoms with E-state index in [2.05, 4.69) is 37.5 Å². The number of piperidine rings is 1. The predicted molar refractivity (Wildman–Crippen MR) is 105 cm³/mol. The molecule has 1 aliphatic heterocycles. The fourth-order valence-electron chi connectivity index (χ4n) is 3.21. The minimum atomic E-state index is -3.69. The van der Waals surface area contributed by atoms with Gasteiger partial charge in [-0.3, -0.25) is 0 Å². The van der Waals surface area contributed by atoms with Crippen molar-refractivity contribution in [3.8, 4) is 0 Å². The maximum atomic E-state index is 13.0. The lowest BCUT2D eigenvalue weighted by Gasteiger charge is -2.28. The Morgan fingerprint density at radius 2 is 1.72 bits per heavy atom. The average Bonchev–Trinajstić information content (AvgIpc) is 3.01. The molecule has 0 aliphatic carbocycles. The minimum absolute atomic E-state index is 0.251. The van der Waals surface area contributed by atoms with Gasteiger partial charge in [0.15, 0.2) is 5.65 Å². The van der Waals surface area contributed by atoms with Crippen molar-refractivity contribution in [3.63, 3.8) is 0 Å². The summed E-state index contributed by atoms with van der Waals surface area (Å²) in [5, 5.41) is 0.810. The highest BCUT2D eigenvalue weighted by Crippen LogP contribution is 2.32. The van der Waals surface area contributed by atoms with Crippen LogP contribution in [0.2, 0.25) is 0 Å². The van der Waals surface area contributed by atoms with Crippen molar-refractivity contribution in [2.45, 2.75) is 24.2 Å². The summed E-state index contributed by atoms with van der Waals surface area (Å²) in [6.07, 6.45) is 6.58. The fraction of sp³-hybridized carbons (Fsp3) is 0.294. The summed E-state index contributed by atoms with van der Waals surface area (Å²) in [4.78, 5) is 11.2. The van der Waals surface area contributed by atoms with E-state index < -0.39 is 10.0 Å². The first-order valence-corrected chi connectivity index (χ1v) is 10.7. The van der Waals surface area contributed by atoms with Crippen molar-refractivity contribution in [1.82, 2.24) is 13.9 Å². The van der Waals surface area contributed by atoms with Crippen LogP contribution in [-0.4, -0.2) is 35.4 Å². The second-order valence-corrected chi connectivity index (χ2v) is 9.01. The monoisotopic (exact) mass is 468 g/mol. The highest BCUT2D eigenvalue weighted by molar-refractivity contribution is 14.1. The van der Waals surface area contributed by atoms with E-state index in [1.54, 1.807) is 36.5 Å². The smallest absolute Gasteiger partial charge is 0.269 e. The summed E-state index contributed by atoms with van der Waals surface area (Å²) in [6.45, 7) is 1.89. The first-order chi connectivity index (χ1) is 12.1. The highest BCUT2D eigenvalue weighted by atomic mass is 127. The van der Waals surface area contributed by atoms with Crippen LogP contribution in [0.25, 0.3) is 11.0 Å². The predicted octanol–water partition coefficient (Wildman–Crippen LogP) is 3.26. The van der Waals surface area contributed by atoms with Gasteiger partial charge in [-0.15, -0.1) is 0 Å². The van der Waals surface area contributed by atoms with Crippen LogP contribution >= 0.6 is 22.6 Å². The Morgan fingerprint density at radius 3 is 2.44 bits per heavy atom. The van der Waals surface area contributed by atoms with Gasteiger partial charge in [-0.1, -0.05) is 18.2 Å². The SMILES string of the molecule is O=S(=O)(c1ccccc1)n1cc(I)c2c(N3CCCCC3)ncnc21. The number of nitrogens with zero attached hydrogens (tertiary/aromatic N) is 4. The fourth-order valence-corrected chi connectivity index (χ4v) is 5.50. The lowest BCUT2D eigenvalue weighted by Crippen LogP contribution is -2.30. The van der Waals surface area contributed by atoms with Crippen molar-refractivity contribution < 1.29 is 8.42 Å². The van der Waals surface area contributed by atoms with Crippen LogP contribution in [0.5, 0.6) is 0 Å². The molecule has 6 nitrogen and oxygen atoms in total. The van der Waals surface area contributed by atoms with Crippen molar-refractivity contribution >= 4 is 49.5 Å². The van der Waals surface area contributed by atoms with Crippen LogP contribution in [0.15, 0.2) is 47.8 Å². The molecule has 0 bridgehead atoms. The maximum absolute atomic E-state index is 13.0. The van der Waals surface area contributed by atoms with Crippen LogP contribution in [0.1, 0.15) is 19.3 Å². The number of rotatable bonds is 3. The molecule has 3 aromatic rings. The van der Waals surface area contributed by atoms with Crippen molar-refractivity contribution in [2.75, 3.05) is 18.0 Å². The largest absolute Gasteiger partial charge is 0.356 e. The molecular formula is C17H17IN4O2S. The number of fused-ring (bicyclic) bond motifs is 1. The number of aromatic nitrogens is 3. The normalized spacial score (nSPS) is 15.6. The van der Waals surface area contributed by atoms with E-state index in [-0.39, 0.29) is 4.90 Å². The van der Waals surface area contributed by atoms with Crippen LogP contribution in [0, 0.1) is 3.57 Å². The lowest BCUT2D eigenvalue weighted by atomic mass is 10.1. The quantitative estimate of drug-likeness (QED) is 0.553. The lowest BCUT2D eigenvalue weighted by molar-refractivity contribution is 0.574. The van der Waals surface area contributed by atoms with Gasteiger partial charge in [-0.2, -0.15) is 0 Å². The molecule has 0 atom stereocenters. The van der Waals surface area contributed by atoms with Crippen molar-refractivity contribution in [2.24, 2.45) is 0 Å². The molecule has 0 N–H and O–H groups in total. The zero-order chi connectivity index (χ0) is 17.4. The minimum Gasteiger partial charge on any atom is -0.356 e. The summed E-state index contributed by atoms with van der Waals surface area (Å²) in [6, 6.07) is 8.43. The van der Waals surface area contributed by atoms with Gasteiger partial charge >= 0.3 is 0 Å². The molecule has 0 amide bonds. The number of anilines is 1. The zero-order valence-corrected chi connectivity index (χ0v) is 16.4. The Kier molecular flexibility index (Phi) is 4.40. The molecule has 4 rings (SSSR count). The number of hydrogen-bond donors (Lipinski definition) is 0. The summed E-state index contributed by atoms with van der Waals surface area (Å²) in [5.41, 5.74) is 0.434. The topological polar surface area (TPSA) is 68.1 Å². The molecule has 0 unspecified atom stereocenters. The number of halogens is 1. The van der Waals surface area contributed by atoms with Crippen LogP contribution in [-0.2, 0) is 10.0 Å². The van der Waals surface area contributed by atoms with Gasteiger partial charge in [0.25, 0.3) is 10.0 Å². The van der Waals surface area contributed by atoms with E-state index in [1.807, 2.05) is 0 Å². The van der Waals surface area contributed by atoms with Gasteiger partial charge in [-0.25, -0.2) is 22.4 Å². The van der Waals surface area contributed by atoms with Gasteiger partial charge < -0.3 is 4.90 Å². The van der Waals surface area contributed by atoms with Crippen LogP contribution in [0.4, 0.5) is 5.82 Å². The molecule has 130 valence electrons. The molecule has 0 spiro atoms. The first-order valence-electron chi connectivity index (χ1n) is 8.16. The summed E-state index contributed by atoms with van der Waals surface area (Å²) >= 11 is 2.17. The highest BCUT2D eigenvalue weighted by Gasteiger charge is 2.25. The Bertz CT molecular complexity index is 1010. The number of hydrogen-bond acceptors (Lipinski definition) is 5. The molecule has 1 aromatic carbocycles. The second kappa shape index (κ2) is 6.56. The van der Waals surface area contributed by atoms with Crippen LogP contribution < -0.4 is 4.90 Å². The molecule has 0 saturated carbocycles. The molecule has 2 aromatic heterocycles. The molecule has 1 aliphatic rings. The second-order valence-electron chi connectivity index (χ2n) is 6.03. The third kappa shape index (κ3) is 2.91. The van der Waals surface area contributed by atoms with E-state index in [9.17, 15) is 8.42 Å². The molecule has 25 heavy (non-hydrogen) atoms. The van der Waals surface area contributed by atoms with E-state index >= 15 is 0 Å². The van der Waals surface area contributed by atoms with Crippen LogP contribution in [0.3, 0.4) is 0 Å². The van der Waals surface area contributed by atoms with E-state index in [0.717, 1.165) is 40.7 Å². The molecule has 0 radical (unpaired) electrons. The van der Waals surface area contributed by atoms with Gasteiger partial charge in [0.2, 0.25) is 0 Å². The standard InChI is InChI=1S/C17H17IN4O2S/c18-14-11-22(25(23,24)13-7-3-1-4-8-13)17-15(14)16(19-12-20-17)21-9-5-2-6-10-21/h1,3-4,7-8,11-12H,2,5-6,9-10H2. The molecule has 1 fully saturated rings. The Hall–Kier alpha value is -1.68. The van der Waals surface area contributed by atoms with Gasteiger partial charge in [-0.05, 0) is 54.0 Å². The Morgan fingerprint density at radius 1 is 1.00 bits per heavy atom. The Labute approximate surface area is 160 Å². The summed E-state index contributed by atoms with van der Waals surface area (Å²) in [5.74, 6) is 0.830. The maximum Gasteiger partial charge on any atom is 0.269 e. The molecule has 1 saturated heterocycles. The van der Waals surface area contributed by atoms with E-state index in [4.69, 9.17) is 0 Å². The molecular weight excluding hydrogens is 451 g/mol. The number of benzene rings is 1. The van der Waals surface area contributed by atoms with Crippen molar-refractivity contribution in [1.29, 1.82) is 0 Å². The summed E-state index contributed by atoms with van der Waals surface area (Å²) < 4.78 is 28.2. The first kappa shape index (κ1) is 16.8.